The minimum absolute atomic E-state index is 0.00648. The van der Waals surface area contributed by atoms with Crippen LogP contribution in [0.15, 0.2) is 40.2 Å². The summed E-state index contributed by atoms with van der Waals surface area (Å²) in [6.07, 6.45) is 1.87. The zero-order valence-electron chi connectivity index (χ0n) is 10.5. The van der Waals surface area contributed by atoms with E-state index >= 15 is 0 Å². The first-order valence-corrected chi connectivity index (χ1v) is 8.04. The molecule has 2 heterocycles. The molecule has 0 amide bonds. The van der Waals surface area contributed by atoms with E-state index in [1.807, 2.05) is 0 Å². The van der Waals surface area contributed by atoms with Crippen LogP contribution < -0.4 is 5.73 Å². The lowest BCUT2D eigenvalue weighted by molar-refractivity contribution is 0.0248. The molecule has 0 saturated heterocycles. The predicted molar refractivity (Wildman–Crippen MR) is 82.5 cm³/mol. The molecule has 0 aliphatic carbocycles. The van der Waals surface area contributed by atoms with Crippen LogP contribution in [0.5, 0.6) is 0 Å². The topological polar surface area (TPSA) is 35.2 Å². The Labute approximate surface area is 125 Å². The second kappa shape index (κ2) is 5.75. The van der Waals surface area contributed by atoms with Crippen molar-refractivity contribution in [2.75, 3.05) is 6.61 Å². The summed E-state index contributed by atoms with van der Waals surface area (Å²) in [5, 5.41) is 0. The molecule has 2 aromatic rings. The zero-order chi connectivity index (χ0) is 13.2. The average Bonchev–Trinajstić information content (AvgIpc) is 2.83. The predicted octanol–water partition coefficient (Wildman–Crippen LogP) is 3.69. The van der Waals surface area contributed by atoms with Crippen molar-refractivity contribution in [1.29, 1.82) is 0 Å². The number of hydrogen-bond acceptors (Lipinski definition) is 3. The lowest BCUT2D eigenvalue weighted by Gasteiger charge is -2.30. The number of nitrogens with two attached hydrogens (primary N) is 1. The Balaban J connectivity index is 1.79. The van der Waals surface area contributed by atoms with Crippen molar-refractivity contribution in [1.82, 2.24) is 0 Å². The van der Waals surface area contributed by atoms with Gasteiger partial charge in [0.05, 0.1) is 16.5 Å². The maximum Gasteiger partial charge on any atom is 0.0982 e. The summed E-state index contributed by atoms with van der Waals surface area (Å²) in [7, 11) is 0. The molecule has 3 rings (SSSR count). The molecule has 2 unspecified atom stereocenters. The molecular weight excluding hydrogens is 322 g/mol. The van der Waals surface area contributed by atoms with E-state index in [4.69, 9.17) is 10.5 Å². The average molecular weight is 338 g/mol. The standard InChI is InChI=1S/C15H16BrNOS/c16-14-6-5-11(19-14)9-13(17)15-12-4-2-1-3-10(12)7-8-18-15/h1-6,13,15H,7-9,17H2. The molecule has 2 N–H and O–H groups in total. The van der Waals surface area contributed by atoms with E-state index in [1.54, 1.807) is 11.3 Å². The van der Waals surface area contributed by atoms with E-state index in [9.17, 15) is 0 Å². The number of rotatable bonds is 3. The van der Waals surface area contributed by atoms with Crippen molar-refractivity contribution in [2.24, 2.45) is 5.73 Å². The lowest BCUT2D eigenvalue weighted by Crippen LogP contribution is -2.35. The molecule has 1 aliphatic rings. The molecule has 0 bridgehead atoms. The van der Waals surface area contributed by atoms with Gasteiger partial charge in [-0.3, -0.25) is 0 Å². The molecule has 1 aromatic carbocycles. The van der Waals surface area contributed by atoms with Crippen LogP contribution in [-0.4, -0.2) is 12.6 Å². The molecule has 0 fully saturated rings. The Morgan fingerprint density at radius 1 is 1.32 bits per heavy atom. The Hall–Kier alpha value is -0.680. The fourth-order valence-electron chi connectivity index (χ4n) is 2.58. The number of fused-ring (bicyclic) bond motifs is 1. The van der Waals surface area contributed by atoms with Crippen molar-refractivity contribution in [3.8, 4) is 0 Å². The monoisotopic (exact) mass is 337 g/mol. The first-order valence-electron chi connectivity index (χ1n) is 6.43. The van der Waals surface area contributed by atoms with Gasteiger partial charge in [0.2, 0.25) is 0 Å². The maximum absolute atomic E-state index is 6.37. The second-order valence-electron chi connectivity index (χ2n) is 4.81. The number of ether oxygens (including phenoxy) is 1. The molecule has 2 atom stereocenters. The number of benzene rings is 1. The van der Waals surface area contributed by atoms with Crippen molar-refractivity contribution in [2.45, 2.75) is 25.0 Å². The fraction of sp³-hybridized carbons (Fsp3) is 0.333. The Morgan fingerprint density at radius 3 is 2.95 bits per heavy atom. The second-order valence-corrected chi connectivity index (χ2v) is 7.36. The summed E-state index contributed by atoms with van der Waals surface area (Å²) in [6.45, 7) is 0.767. The van der Waals surface area contributed by atoms with Crippen LogP contribution in [0.25, 0.3) is 0 Å². The molecule has 19 heavy (non-hydrogen) atoms. The van der Waals surface area contributed by atoms with E-state index in [1.165, 1.54) is 16.0 Å². The number of halogens is 1. The van der Waals surface area contributed by atoms with Crippen molar-refractivity contribution in [3.05, 3.63) is 56.2 Å². The van der Waals surface area contributed by atoms with Crippen LogP contribution in [0.2, 0.25) is 0 Å². The van der Waals surface area contributed by atoms with Crippen molar-refractivity contribution >= 4 is 27.3 Å². The summed E-state index contributed by atoms with van der Waals surface area (Å²) in [5.41, 5.74) is 9.01. The largest absolute Gasteiger partial charge is 0.372 e. The smallest absolute Gasteiger partial charge is 0.0982 e. The molecule has 2 nitrogen and oxygen atoms in total. The lowest BCUT2D eigenvalue weighted by atomic mass is 9.92. The summed E-state index contributed by atoms with van der Waals surface area (Å²) in [4.78, 5) is 1.30. The molecule has 0 saturated carbocycles. The van der Waals surface area contributed by atoms with E-state index in [0.29, 0.717) is 0 Å². The Kier molecular flexibility index (Phi) is 4.03. The Morgan fingerprint density at radius 2 is 2.16 bits per heavy atom. The summed E-state index contributed by atoms with van der Waals surface area (Å²) >= 11 is 5.23. The van der Waals surface area contributed by atoms with Gasteiger partial charge in [0.25, 0.3) is 0 Å². The third-order valence-electron chi connectivity index (χ3n) is 3.49. The minimum atomic E-state index is 0.00648. The molecule has 100 valence electrons. The third-order valence-corrected chi connectivity index (χ3v) is 5.13. The highest BCUT2D eigenvalue weighted by Gasteiger charge is 2.26. The SMILES string of the molecule is NC(Cc1ccc(Br)s1)C1OCCc2ccccc21. The van der Waals surface area contributed by atoms with Crippen LogP contribution in [0.4, 0.5) is 0 Å². The van der Waals surface area contributed by atoms with Crippen LogP contribution in [0.3, 0.4) is 0 Å². The highest BCUT2D eigenvalue weighted by molar-refractivity contribution is 9.11. The van der Waals surface area contributed by atoms with Crippen LogP contribution in [0.1, 0.15) is 22.1 Å². The molecule has 0 spiro atoms. The molecule has 0 radical (unpaired) electrons. The number of thiophene rings is 1. The molecule has 4 heteroatoms. The van der Waals surface area contributed by atoms with E-state index < -0.39 is 0 Å². The van der Waals surface area contributed by atoms with Crippen LogP contribution in [0, 0.1) is 0 Å². The highest BCUT2D eigenvalue weighted by atomic mass is 79.9. The van der Waals surface area contributed by atoms with Gasteiger partial charge in [0.15, 0.2) is 0 Å². The molecular formula is C15H16BrNOS. The quantitative estimate of drug-likeness (QED) is 0.926. The van der Waals surface area contributed by atoms with Gasteiger partial charge in [-0.25, -0.2) is 0 Å². The normalized spacial score (nSPS) is 20.0. The molecule has 1 aromatic heterocycles. The van der Waals surface area contributed by atoms with Gasteiger partial charge in [-0.2, -0.15) is 0 Å². The van der Waals surface area contributed by atoms with E-state index in [-0.39, 0.29) is 12.1 Å². The van der Waals surface area contributed by atoms with Gasteiger partial charge in [-0.15, -0.1) is 11.3 Å². The summed E-state index contributed by atoms with van der Waals surface area (Å²) < 4.78 is 7.07. The van der Waals surface area contributed by atoms with Gasteiger partial charge >= 0.3 is 0 Å². The number of hydrogen-bond donors (Lipinski definition) is 1. The van der Waals surface area contributed by atoms with Gasteiger partial charge in [0.1, 0.15) is 0 Å². The van der Waals surface area contributed by atoms with E-state index in [2.05, 4.69) is 52.3 Å². The summed E-state index contributed by atoms with van der Waals surface area (Å²) in [6, 6.07) is 12.7. The van der Waals surface area contributed by atoms with Crippen LogP contribution >= 0.6 is 27.3 Å². The van der Waals surface area contributed by atoms with E-state index in [0.717, 1.165) is 23.2 Å². The zero-order valence-corrected chi connectivity index (χ0v) is 12.9. The first-order chi connectivity index (χ1) is 9.24. The summed E-state index contributed by atoms with van der Waals surface area (Å²) in [5.74, 6) is 0. The highest BCUT2D eigenvalue weighted by Crippen LogP contribution is 2.31. The van der Waals surface area contributed by atoms with Gasteiger partial charge in [0, 0.05) is 10.9 Å². The molecule has 1 aliphatic heterocycles. The van der Waals surface area contributed by atoms with Crippen molar-refractivity contribution in [3.63, 3.8) is 0 Å². The first kappa shape index (κ1) is 13.3. The van der Waals surface area contributed by atoms with Gasteiger partial charge in [-0.1, -0.05) is 24.3 Å². The van der Waals surface area contributed by atoms with Gasteiger partial charge < -0.3 is 10.5 Å². The van der Waals surface area contributed by atoms with Crippen LogP contribution in [-0.2, 0) is 17.6 Å². The maximum atomic E-state index is 6.37. The van der Waals surface area contributed by atoms with Gasteiger partial charge in [-0.05, 0) is 52.0 Å². The fourth-order valence-corrected chi connectivity index (χ4v) is 4.13. The minimum Gasteiger partial charge on any atom is -0.372 e. The van der Waals surface area contributed by atoms with Crippen molar-refractivity contribution < 1.29 is 4.74 Å². The Bertz CT molecular complexity index is 569. The third kappa shape index (κ3) is 2.92.